The van der Waals surface area contributed by atoms with Crippen LogP contribution in [0.25, 0.3) is 0 Å². The third kappa shape index (κ3) is 6.28. The van der Waals surface area contributed by atoms with E-state index in [-0.39, 0.29) is 0 Å². The molecule has 0 bridgehead atoms. The second kappa shape index (κ2) is 9.43. The molecule has 0 amide bonds. The highest BCUT2D eigenvalue weighted by atomic mass is 15.3. The van der Waals surface area contributed by atoms with Crippen molar-refractivity contribution in [2.24, 2.45) is 0 Å². The second-order valence-corrected chi connectivity index (χ2v) is 5.13. The minimum atomic E-state index is 0.346. The number of hydrogen-bond acceptors (Lipinski definition) is 3. The van der Waals surface area contributed by atoms with Crippen molar-refractivity contribution in [2.45, 2.75) is 71.3 Å². The first-order valence-corrected chi connectivity index (χ1v) is 7.51. The number of hydrogen-bond donors (Lipinski definition) is 1. The van der Waals surface area contributed by atoms with Crippen LogP contribution >= 0.6 is 0 Å². The number of nitriles is 1. The van der Waals surface area contributed by atoms with E-state index in [1.165, 1.54) is 51.4 Å². The van der Waals surface area contributed by atoms with E-state index >= 15 is 0 Å². The summed E-state index contributed by atoms with van der Waals surface area (Å²) >= 11 is 0. The average molecular weight is 262 g/mol. The van der Waals surface area contributed by atoms with Crippen molar-refractivity contribution in [3.63, 3.8) is 0 Å². The monoisotopic (exact) mass is 262 g/mol. The molecule has 106 valence electrons. The van der Waals surface area contributed by atoms with E-state index in [9.17, 15) is 0 Å². The maximum Gasteiger partial charge on any atom is 0.163 e. The van der Waals surface area contributed by atoms with Crippen molar-refractivity contribution in [2.75, 3.05) is 5.73 Å². The molecule has 0 unspecified atom stereocenters. The van der Waals surface area contributed by atoms with Crippen molar-refractivity contribution < 1.29 is 0 Å². The highest BCUT2D eigenvalue weighted by Gasteiger charge is 2.03. The van der Waals surface area contributed by atoms with Crippen LogP contribution < -0.4 is 5.73 Å². The van der Waals surface area contributed by atoms with Crippen LogP contribution in [0.4, 0.5) is 5.82 Å². The lowest BCUT2D eigenvalue weighted by molar-refractivity contribution is 0.518. The van der Waals surface area contributed by atoms with Crippen LogP contribution in [-0.2, 0) is 6.54 Å². The van der Waals surface area contributed by atoms with Gasteiger partial charge >= 0.3 is 0 Å². The van der Waals surface area contributed by atoms with Crippen molar-refractivity contribution in [1.82, 2.24) is 9.78 Å². The molecule has 4 heteroatoms. The van der Waals surface area contributed by atoms with E-state index in [1.54, 1.807) is 10.9 Å². The first kappa shape index (κ1) is 15.6. The molecule has 0 aliphatic rings. The van der Waals surface area contributed by atoms with Gasteiger partial charge < -0.3 is 5.73 Å². The standard InChI is InChI=1S/C15H26N4/c1-2-3-4-5-6-7-8-9-10-11-19-13-14(12-16)15(17)18-19/h13H,2-11H2,1H3,(H2,17,18). The Balaban J connectivity index is 2.00. The molecule has 1 aromatic heterocycles. The molecular formula is C15H26N4. The molecule has 4 nitrogen and oxygen atoms in total. The molecule has 0 saturated heterocycles. The van der Waals surface area contributed by atoms with Gasteiger partial charge in [-0.3, -0.25) is 4.68 Å². The molecule has 0 spiro atoms. The zero-order chi connectivity index (χ0) is 13.9. The molecule has 0 aromatic carbocycles. The number of unbranched alkanes of at least 4 members (excludes halogenated alkanes) is 8. The minimum absolute atomic E-state index is 0.346. The molecule has 0 aliphatic carbocycles. The van der Waals surface area contributed by atoms with Crippen LogP contribution in [0.5, 0.6) is 0 Å². The van der Waals surface area contributed by atoms with E-state index in [0.717, 1.165) is 13.0 Å². The zero-order valence-electron chi connectivity index (χ0n) is 12.1. The van der Waals surface area contributed by atoms with Gasteiger partial charge in [-0.15, -0.1) is 0 Å². The first-order chi connectivity index (χ1) is 9.27. The Hall–Kier alpha value is -1.50. The Kier molecular flexibility index (Phi) is 7.72. The Morgan fingerprint density at radius 2 is 1.68 bits per heavy atom. The Bertz CT molecular complexity index is 389. The van der Waals surface area contributed by atoms with Gasteiger partial charge in [0.15, 0.2) is 5.82 Å². The first-order valence-electron chi connectivity index (χ1n) is 7.51. The van der Waals surface area contributed by atoms with Crippen molar-refractivity contribution in [1.29, 1.82) is 5.26 Å². The third-order valence-electron chi connectivity index (χ3n) is 3.40. The van der Waals surface area contributed by atoms with Gasteiger partial charge in [-0.1, -0.05) is 58.3 Å². The van der Waals surface area contributed by atoms with E-state index in [0.29, 0.717) is 11.4 Å². The van der Waals surface area contributed by atoms with E-state index in [4.69, 9.17) is 11.0 Å². The summed E-state index contributed by atoms with van der Waals surface area (Å²) in [6.07, 6.45) is 13.6. The van der Waals surface area contributed by atoms with Gasteiger partial charge in [0.1, 0.15) is 11.6 Å². The van der Waals surface area contributed by atoms with Crippen molar-refractivity contribution >= 4 is 5.82 Å². The van der Waals surface area contributed by atoms with Gasteiger partial charge in [0.25, 0.3) is 0 Å². The van der Waals surface area contributed by atoms with Crippen LogP contribution in [0.15, 0.2) is 6.20 Å². The SMILES string of the molecule is CCCCCCCCCCCn1cc(C#N)c(N)n1. The molecule has 0 fully saturated rings. The van der Waals surface area contributed by atoms with Gasteiger partial charge in [-0.2, -0.15) is 10.4 Å². The maximum absolute atomic E-state index is 8.78. The summed E-state index contributed by atoms with van der Waals surface area (Å²) in [7, 11) is 0. The van der Waals surface area contributed by atoms with Crippen LogP contribution in [0, 0.1) is 11.3 Å². The number of nitrogens with two attached hydrogens (primary N) is 1. The number of rotatable bonds is 10. The third-order valence-corrected chi connectivity index (χ3v) is 3.40. The lowest BCUT2D eigenvalue weighted by Gasteiger charge is -2.02. The zero-order valence-corrected chi connectivity index (χ0v) is 12.1. The molecule has 1 rings (SSSR count). The Morgan fingerprint density at radius 3 is 2.21 bits per heavy atom. The highest BCUT2D eigenvalue weighted by Crippen LogP contribution is 2.11. The van der Waals surface area contributed by atoms with Gasteiger partial charge in [0.05, 0.1) is 0 Å². The minimum Gasteiger partial charge on any atom is -0.381 e. The molecule has 1 aromatic rings. The lowest BCUT2D eigenvalue weighted by atomic mass is 10.1. The summed E-state index contributed by atoms with van der Waals surface area (Å²) in [5.74, 6) is 0.346. The van der Waals surface area contributed by atoms with Crippen LogP contribution in [0.1, 0.15) is 70.3 Å². The molecule has 0 radical (unpaired) electrons. The predicted octanol–water partition coefficient (Wildman–Crippen LogP) is 3.87. The predicted molar refractivity (Wildman–Crippen MR) is 78.6 cm³/mol. The molecular weight excluding hydrogens is 236 g/mol. The maximum atomic E-state index is 8.78. The number of aryl methyl sites for hydroxylation is 1. The fourth-order valence-electron chi connectivity index (χ4n) is 2.22. The summed E-state index contributed by atoms with van der Waals surface area (Å²) in [4.78, 5) is 0. The van der Waals surface area contributed by atoms with E-state index in [2.05, 4.69) is 12.0 Å². The number of anilines is 1. The number of aromatic nitrogens is 2. The summed E-state index contributed by atoms with van der Waals surface area (Å²) in [6.45, 7) is 3.11. The van der Waals surface area contributed by atoms with Crippen LogP contribution in [0.2, 0.25) is 0 Å². The smallest absolute Gasteiger partial charge is 0.163 e. The highest BCUT2D eigenvalue weighted by molar-refractivity contribution is 5.46. The fraction of sp³-hybridized carbons (Fsp3) is 0.733. The largest absolute Gasteiger partial charge is 0.381 e. The van der Waals surface area contributed by atoms with Gasteiger partial charge in [-0.05, 0) is 6.42 Å². The summed E-state index contributed by atoms with van der Waals surface area (Å²) in [5, 5.41) is 12.9. The molecule has 0 aliphatic heterocycles. The number of nitrogen functional groups attached to an aromatic ring is 1. The molecule has 2 N–H and O–H groups in total. The molecule has 0 saturated carbocycles. The Labute approximate surface area is 116 Å². The van der Waals surface area contributed by atoms with Gasteiger partial charge in [-0.25, -0.2) is 0 Å². The average Bonchev–Trinajstić information content (AvgIpc) is 2.77. The van der Waals surface area contributed by atoms with Crippen LogP contribution in [-0.4, -0.2) is 9.78 Å². The fourth-order valence-corrected chi connectivity index (χ4v) is 2.22. The summed E-state index contributed by atoms with van der Waals surface area (Å²) in [6, 6.07) is 2.04. The number of nitrogens with zero attached hydrogens (tertiary/aromatic N) is 3. The molecule has 0 atom stereocenters. The second-order valence-electron chi connectivity index (χ2n) is 5.13. The molecule has 19 heavy (non-hydrogen) atoms. The Morgan fingerprint density at radius 1 is 1.11 bits per heavy atom. The molecule has 1 heterocycles. The van der Waals surface area contributed by atoms with Gasteiger partial charge in [0, 0.05) is 12.7 Å². The quantitative estimate of drug-likeness (QED) is 0.651. The van der Waals surface area contributed by atoms with E-state index in [1.807, 2.05) is 6.07 Å². The van der Waals surface area contributed by atoms with Crippen molar-refractivity contribution in [3.05, 3.63) is 11.8 Å². The summed E-state index contributed by atoms with van der Waals surface area (Å²) in [5.41, 5.74) is 6.09. The van der Waals surface area contributed by atoms with Gasteiger partial charge in [0.2, 0.25) is 0 Å². The van der Waals surface area contributed by atoms with Crippen molar-refractivity contribution in [3.8, 4) is 6.07 Å². The lowest BCUT2D eigenvalue weighted by Crippen LogP contribution is -1.99. The summed E-state index contributed by atoms with van der Waals surface area (Å²) < 4.78 is 1.79. The topological polar surface area (TPSA) is 67.6 Å². The van der Waals surface area contributed by atoms with Crippen LogP contribution in [0.3, 0.4) is 0 Å². The normalized spacial score (nSPS) is 10.5. The van der Waals surface area contributed by atoms with E-state index < -0.39 is 0 Å².